The van der Waals surface area contributed by atoms with Crippen LogP contribution in [0.4, 0.5) is 5.69 Å². The molecule has 0 heterocycles. The van der Waals surface area contributed by atoms with Crippen LogP contribution >= 0.6 is 0 Å². The molecule has 2 aromatic carbocycles. The van der Waals surface area contributed by atoms with Gasteiger partial charge in [0.25, 0.3) is 5.69 Å². The summed E-state index contributed by atoms with van der Waals surface area (Å²) >= 11 is 0. The third kappa shape index (κ3) is 4.81. The van der Waals surface area contributed by atoms with Gasteiger partial charge in [0.2, 0.25) is 10.0 Å². The van der Waals surface area contributed by atoms with Crippen molar-refractivity contribution in [3.8, 4) is 11.5 Å². The molecule has 1 atom stereocenters. The van der Waals surface area contributed by atoms with Crippen LogP contribution < -0.4 is 9.46 Å². The molecular formula is C18H20N2O8S. The molecule has 11 heteroatoms. The number of phenolic OH excluding ortho intramolecular Hbond substituents is 1. The molecule has 0 aliphatic rings. The van der Waals surface area contributed by atoms with Gasteiger partial charge in [-0.1, -0.05) is 19.1 Å². The number of aromatic hydroxyl groups is 1. The molecule has 0 bridgehead atoms. The second-order valence-electron chi connectivity index (χ2n) is 6.28. The fourth-order valence-electron chi connectivity index (χ4n) is 2.77. The third-order valence-electron chi connectivity index (χ3n) is 4.44. The smallest absolute Gasteiger partial charge is 0.325 e. The van der Waals surface area contributed by atoms with E-state index in [0.717, 1.165) is 12.1 Å². The number of sulfonamides is 1. The number of nitro groups is 1. The van der Waals surface area contributed by atoms with Crippen molar-refractivity contribution in [1.82, 2.24) is 4.72 Å². The maximum absolute atomic E-state index is 12.9. The predicted molar refractivity (Wildman–Crippen MR) is 102 cm³/mol. The first-order valence-corrected chi connectivity index (χ1v) is 9.90. The number of nitrogens with one attached hydrogen (secondary N) is 1. The Morgan fingerprint density at radius 3 is 2.34 bits per heavy atom. The molecule has 0 spiro atoms. The average molecular weight is 424 g/mol. The normalized spacial score (nSPS) is 13.4. The molecule has 0 unspecified atom stereocenters. The highest BCUT2D eigenvalue weighted by Gasteiger charge is 2.42. The number of hydrogen-bond donors (Lipinski definition) is 3. The van der Waals surface area contributed by atoms with Crippen LogP contribution in [0.25, 0.3) is 0 Å². The zero-order chi connectivity index (χ0) is 21.8. The minimum atomic E-state index is -4.58. The number of rotatable bonds is 9. The molecule has 0 amide bonds. The number of aliphatic carboxylic acids is 1. The number of ether oxygens (including phenoxy) is 1. The fraction of sp³-hybridized carbons (Fsp3) is 0.278. The topological polar surface area (TPSA) is 156 Å². The standard InChI is InChI=1S/C18H20N2O8S/c1-3-18(17(22)23,11-12-4-6-13(21)7-5-12)19-29(26,27)16-9-8-14(28-2)10-15(16)20(24)25/h4-10,19,21H,3,11H2,1-2H3,(H,22,23)/t18-/m0/s1. The molecule has 2 rings (SSSR count). The van der Waals surface area contributed by atoms with E-state index >= 15 is 0 Å². The van der Waals surface area contributed by atoms with Crippen molar-refractivity contribution >= 4 is 21.7 Å². The SMILES string of the molecule is CC[C@@](Cc1ccc(O)cc1)(NS(=O)(=O)c1ccc(OC)cc1[N+](=O)[O-])C(=O)O. The lowest BCUT2D eigenvalue weighted by molar-refractivity contribution is -0.387. The van der Waals surface area contributed by atoms with Crippen LogP contribution in [-0.4, -0.2) is 42.2 Å². The molecule has 29 heavy (non-hydrogen) atoms. The van der Waals surface area contributed by atoms with Crippen molar-refractivity contribution in [1.29, 1.82) is 0 Å². The summed E-state index contributed by atoms with van der Waals surface area (Å²) in [6, 6.07) is 8.79. The van der Waals surface area contributed by atoms with Gasteiger partial charge in [-0.05, 0) is 36.2 Å². The van der Waals surface area contributed by atoms with E-state index in [1.807, 2.05) is 0 Å². The summed E-state index contributed by atoms with van der Waals surface area (Å²) in [5, 5.41) is 30.5. The van der Waals surface area contributed by atoms with E-state index < -0.39 is 37.0 Å². The lowest BCUT2D eigenvalue weighted by Crippen LogP contribution is -2.55. The number of carboxylic acids is 1. The highest BCUT2D eigenvalue weighted by Crippen LogP contribution is 2.30. The maximum atomic E-state index is 12.9. The van der Waals surface area contributed by atoms with Gasteiger partial charge in [0, 0.05) is 6.42 Å². The Bertz CT molecular complexity index is 1020. The van der Waals surface area contributed by atoms with Gasteiger partial charge in [0.15, 0.2) is 4.90 Å². The molecule has 0 aliphatic carbocycles. The minimum Gasteiger partial charge on any atom is -0.508 e. The second-order valence-corrected chi connectivity index (χ2v) is 7.93. The quantitative estimate of drug-likeness (QED) is 0.408. The Labute approximate surface area is 167 Å². The van der Waals surface area contributed by atoms with Crippen LogP contribution in [0.15, 0.2) is 47.4 Å². The van der Waals surface area contributed by atoms with Gasteiger partial charge in [-0.2, -0.15) is 4.72 Å². The van der Waals surface area contributed by atoms with Crippen LogP contribution in [0.3, 0.4) is 0 Å². The molecule has 156 valence electrons. The first kappa shape index (κ1) is 22.1. The molecule has 0 saturated carbocycles. The number of carboxylic acid groups (broad SMARTS) is 1. The Balaban J connectivity index is 2.51. The van der Waals surface area contributed by atoms with E-state index in [-0.39, 0.29) is 24.3 Å². The Morgan fingerprint density at radius 2 is 1.86 bits per heavy atom. The summed E-state index contributed by atoms with van der Waals surface area (Å²) in [4.78, 5) is 21.8. The number of benzene rings is 2. The molecular weight excluding hydrogens is 404 g/mol. The summed E-state index contributed by atoms with van der Waals surface area (Å²) in [6.45, 7) is 1.49. The maximum Gasteiger partial charge on any atom is 0.325 e. The first-order valence-electron chi connectivity index (χ1n) is 8.42. The van der Waals surface area contributed by atoms with E-state index in [2.05, 4.69) is 4.72 Å². The van der Waals surface area contributed by atoms with Crippen molar-refractivity contribution < 1.29 is 33.1 Å². The molecule has 0 saturated heterocycles. The number of carbonyl (C=O) groups is 1. The highest BCUT2D eigenvalue weighted by molar-refractivity contribution is 7.89. The largest absolute Gasteiger partial charge is 0.508 e. The molecule has 0 radical (unpaired) electrons. The van der Waals surface area contributed by atoms with Crippen molar-refractivity contribution in [2.45, 2.75) is 30.2 Å². The van der Waals surface area contributed by atoms with Crippen LogP contribution in [-0.2, 0) is 21.2 Å². The van der Waals surface area contributed by atoms with Gasteiger partial charge in [0.05, 0.1) is 18.1 Å². The summed E-state index contributed by atoms with van der Waals surface area (Å²) in [7, 11) is -3.31. The summed E-state index contributed by atoms with van der Waals surface area (Å²) < 4.78 is 32.9. The minimum absolute atomic E-state index is 0.0272. The van der Waals surface area contributed by atoms with Gasteiger partial charge >= 0.3 is 5.97 Å². The Hall–Kier alpha value is -3.18. The highest BCUT2D eigenvalue weighted by atomic mass is 32.2. The lowest BCUT2D eigenvalue weighted by Gasteiger charge is -2.29. The first-order chi connectivity index (χ1) is 13.5. The van der Waals surface area contributed by atoms with Gasteiger partial charge < -0.3 is 14.9 Å². The zero-order valence-electron chi connectivity index (χ0n) is 15.7. The number of nitrogens with zero attached hydrogens (tertiary/aromatic N) is 1. The summed E-state index contributed by atoms with van der Waals surface area (Å²) in [6.07, 6.45) is -0.366. The van der Waals surface area contributed by atoms with E-state index in [0.29, 0.717) is 5.56 Å². The predicted octanol–water partition coefficient (Wildman–Crippen LogP) is 2.06. The zero-order valence-corrected chi connectivity index (χ0v) is 16.5. The monoisotopic (exact) mass is 424 g/mol. The van der Waals surface area contributed by atoms with Crippen molar-refractivity contribution in [2.75, 3.05) is 7.11 Å². The lowest BCUT2D eigenvalue weighted by atomic mass is 9.89. The van der Waals surface area contributed by atoms with Crippen LogP contribution in [0, 0.1) is 10.1 Å². The number of methoxy groups -OCH3 is 1. The van der Waals surface area contributed by atoms with Crippen LogP contribution in [0.5, 0.6) is 11.5 Å². The van der Waals surface area contributed by atoms with Gasteiger partial charge in [-0.15, -0.1) is 0 Å². The molecule has 10 nitrogen and oxygen atoms in total. The molecule has 2 aromatic rings. The number of hydrogen-bond acceptors (Lipinski definition) is 7. The molecule has 0 aliphatic heterocycles. The van der Waals surface area contributed by atoms with Crippen molar-refractivity contribution in [3.63, 3.8) is 0 Å². The van der Waals surface area contributed by atoms with Crippen LogP contribution in [0.2, 0.25) is 0 Å². The fourth-order valence-corrected chi connectivity index (χ4v) is 4.36. The Kier molecular flexibility index (Phi) is 6.44. The molecule has 0 aromatic heterocycles. The van der Waals surface area contributed by atoms with E-state index in [1.165, 1.54) is 44.4 Å². The number of phenols is 1. The van der Waals surface area contributed by atoms with E-state index in [4.69, 9.17) is 4.74 Å². The van der Waals surface area contributed by atoms with Gasteiger partial charge in [-0.25, -0.2) is 8.42 Å². The van der Waals surface area contributed by atoms with Crippen LogP contribution in [0.1, 0.15) is 18.9 Å². The molecule has 3 N–H and O–H groups in total. The average Bonchev–Trinajstić information content (AvgIpc) is 2.68. The van der Waals surface area contributed by atoms with E-state index in [9.17, 15) is 33.5 Å². The Morgan fingerprint density at radius 1 is 1.24 bits per heavy atom. The van der Waals surface area contributed by atoms with Gasteiger partial charge in [-0.3, -0.25) is 14.9 Å². The number of nitro benzene ring substituents is 1. The second kappa shape index (κ2) is 8.45. The van der Waals surface area contributed by atoms with E-state index in [1.54, 1.807) is 0 Å². The van der Waals surface area contributed by atoms with Crippen molar-refractivity contribution in [3.05, 3.63) is 58.1 Å². The summed E-state index contributed by atoms with van der Waals surface area (Å²) in [5.41, 5.74) is -2.24. The van der Waals surface area contributed by atoms with Crippen molar-refractivity contribution in [2.24, 2.45) is 0 Å². The van der Waals surface area contributed by atoms with Gasteiger partial charge in [0.1, 0.15) is 17.0 Å². The third-order valence-corrected chi connectivity index (χ3v) is 6.02. The molecule has 0 fully saturated rings. The summed E-state index contributed by atoms with van der Waals surface area (Å²) in [5.74, 6) is -1.38.